The van der Waals surface area contributed by atoms with Gasteiger partial charge in [-0.3, -0.25) is 9.48 Å². The van der Waals surface area contributed by atoms with Crippen LogP contribution in [0.25, 0.3) is 22.2 Å². The highest BCUT2D eigenvalue weighted by atomic mass is 19.1. The normalized spacial score (nSPS) is 11.1. The first kappa shape index (κ1) is 17.8. The molecule has 0 radical (unpaired) electrons. The van der Waals surface area contributed by atoms with Crippen LogP contribution in [-0.2, 0) is 6.54 Å². The zero-order valence-electron chi connectivity index (χ0n) is 14.4. The molecule has 4 nitrogen and oxygen atoms in total. The van der Waals surface area contributed by atoms with Crippen LogP contribution in [0.1, 0.15) is 5.56 Å². The van der Waals surface area contributed by atoms with Gasteiger partial charge in [-0.1, -0.05) is 18.2 Å². The second kappa shape index (κ2) is 6.84. The third-order valence-electron chi connectivity index (χ3n) is 4.41. The van der Waals surface area contributed by atoms with Crippen molar-refractivity contribution in [1.29, 1.82) is 0 Å². The van der Waals surface area contributed by atoms with Gasteiger partial charge in [0.2, 0.25) is 5.43 Å². The number of phenols is 1. The van der Waals surface area contributed by atoms with E-state index in [4.69, 9.17) is 0 Å². The lowest BCUT2D eigenvalue weighted by Gasteiger charge is -2.13. The first-order valence-corrected chi connectivity index (χ1v) is 8.37. The molecule has 28 heavy (non-hydrogen) atoms. The van der Waals surface area contributed by atoms with Crippen molar-refractivity contribution in [3.8, 4) is 17.0 Å². The highest BCUT2D eigenvalue weighted by molar-refractivity contribution is 5.83. The number of rotatable bonds is 3. The monoisotopic (exact) mass is 382 g/mol. The Morgan fingerprint density at radius 2 is 1.64 bits per heavy atom. The molecule has 0 aliphatic carbocycles. The maximum Gasteiger partial charge on any atom is 0.216 e. The summed E-state index contributed by atoms with van der Waals surface area (Å²) in [5.41, 5.74) is -0.136. The highest BCUT2D eigenvalue weighted by Crippen LogP contribution is 2.27. The zero-order valence-corrected chi connectivity index (χ0v) is 14.4. The molecular formula is C21H13F3N2O2. The number of hydrogen-bond acceptors (Lipinski definition) is 3. The molecule has 0 atom stereocenters. The summed E-state index contributed by atoms with van der Waals surface area (Å²) < 4.78 is 42.4. The lowest BCUT2D eigenvalue weighted by molar-refractivity contribution is 0.474. The number of nitrogens with zero attached hydrogens (tertiary/aromatic N) is 2. The van der Waals surface area contributed by atoms with Crippen molar-refractivity contribution in [1.82, 2.24) is 9.78 Å². The van der Waals surface area contributed by atoms with Crippen molar-refractivity contribution in [2.45, 2.75) is 6.54 Å². The van der Waals surface area contributed by atoms with Gasteiger partial charge in [0.25, 0.3) is 0 Å². The molecule has 0 aliphatic heterocycles. The van der Waals surface area contributed by atoms with Gasteiger partial charge < -0.3 is 5.11 Å². The van der Waals surface area contributed by atoms with Crippen molar-refractivity contribution in [3.05, 3.63) is 93.9 Å². The van der Waals surface area contributed by atoms with Gasteiger partial charge >= 0.3 is 0 Å². The molecule has 140 valence electrons. The fourth-order valence-corrected chi connectivity index (χ4v) is 3.04. The van der Waals surface area contributed by atoms with Gasteiger partial charge in [0.1, 0.15) is 28.9 Å². The SMILES string of the molecule is O=c1c(-c2cc(F)ccc2O)nn(Cc2ccc(F)cc2F)c2ccccc12. The fraction of sp³-hybridized carbons (Fsp3) is 0.0476. The summed E-state index contributed by atoms with van der Waals surface area (Å²) in [6.07, 6.45) is 0. The molecule has 0 fully saturated rings. The summed E-state index contributed by atoms with van der Waals surface area (Å²) in [4.78, 5) is 12.9. The maximum absolute atomic E-state index is 14.1. The molecule has 1 heterocycles. The van der Waals surface area contributed by atoms with Gasteiger partial charge in [-0.15, -0.1) is 0 Å². The molecule has 0 bridgehead atoms. The van der Waals surface area contributed by atoms with E-state index < -0.39 is 22.9 Å². The molecule has 4 rings (SSSR count). The van der Waals surface area contributed by atoms with Gasteiger partial charge in [-0.2, -0.15) is 5.10 Å². The van der Waals surface area contributed by atoms with Gasteiger partial charge in [0.15, 0.2) is 0 Å². The molecule has 3 aromatic carbocycles. The number of fused-ring (bicyclic) bond motifs is 1. The standard InChI is InChI=1S/C21H13F3N2O2/c22-13-7-8-19(27)16(9-13)20-21(28)15-3-1-2-4-18(15)26(25-20)11-12-5-6-14(23)10-17(12)24/h1-10,27H,11H2. The van der Waals surface area contributed by atoms with Crippen LogP contribution in [0.2, 0.25) is 0 Å². The number of aromatic nitrogens is 2. The number of phenolic OH excluding ortho intramolecular Hbond substituents is 1. The van der Waals surface area contributed by atoms with Crippen LogP contribution in [0.15, 0.2) is 65.5 Å². The molecular weight excluding hydrogens is 369 g/mol. The number of hydrogen-bond donors (Lipinski definition) is 1. The average Bonchev–Trinajstić information content (AvgIpc) is 2.68. The Bertz CT molecular complexity index is 1270. The Balaban J connectivity index is 1.97. The minimum Gasteiger partial charge on any atom is -0.507 e. The van der Waals surface area contributed by atoms with E-state index in [9.17, 15) is 23.1 Å². The zero-order chi connectivity index (χ0) is 19.8. The van der Waals surface area contributed by atoms with Crippen molar-refractivity contribution in [2.75, 3.05) is 0 Å². The molecule has 1 N–H and O–H groups in total. The minimum absolute atomic E-state index is 0.0657. The molecule has 0 saturated heterocycles. The molecule has 7 heteroatoms. The number of aromatic hydroxyl groups is 1. The van der Waals surface area contributed by atoms with Crippen LogP contribution >= 0.6 is 0 Å². The molecule has 0 aliphatic rings. The van der Waals surface area contributed by atoms with E-state index in [-0.39, 0.29) is 34.5 Å². The van der Waals surface area contributed by atoms with Crippen LogP contribution in [0.5, 0.6) is 5.75 Å². The summed E-state index contributed by atoms with van der Waals surface area (Å²) in [5.74, 6) is -2.40. The summed E-state index contributed by atoms with van der Waals surface area (Å²) in [7, 11) is 0. The molecule has 0 spiro atoms. The summed E-state index contributed by atoms with van der Waals surface area (Å²) >= 11 is 0. The maximum atomic E-state index is 14.1. The van der Waals surface area contributed by atoms with E-state index in [1.807, 2.05) is 0 Å². The molecule has 0 amide bonds. The van der Waals surface area contributed by atoms with Crippen LogP contribution in [0, 0.1) is 17.5 Å². The fourth-order valence-electron chi connectivity index (χ4n) is 3.04. The second-order valence-electron chi connectivity index (χ2n) is 6.25. The minimum atomic E-state index is -0.750. The Kier molecular flexibility index (Phi) is 4.35. The van der Waals surface area contributed by atoms with E-state index in [1.165, 1.54) is 10.7 Å². The summed E-state index contributed by atoms with van der Waals surface area (Å²) in [6.45, 7) is -0.0873. The quantitative estimate of drug-likeness (QED) is 0.577. The molecule has 0 unspecified atom stereocenters. The first-order chi connectivity index (χ1) is 13.4. The van der Waals surface area contributed by atoms with Gasteiger partial charge in [-0.05, 0) is 36.4 Å². The molecule has 4 aromatic rings. The van der Waals surface area contributed by atoms with Crippen LogP contribution < -0.4 is 5.43 Å². The highest BCUT2D eigenvalue weighted by Gasteiger charge is 2.17. The van der Waals surface area contributed by atoms with Crippen molar-refractivity contribution in [2.24, 2.45) is 0 Å². The number of halogens is 3. The summed E-state index contributed by atoms with van der Waals surface area (Å²) in [6, 6.07) is 12.9. The molecule has 1 aromatic heterocycles. The van der Waals surface area contributed by atoms with Crippen molar-refractivity contribution >= 4 is 10.9 Å². The second-order valence-corrected chi connectivity index (χ2v) is 6.25. The number of benzene rings is 3. The summed E-state index contributed by atoms with van der Waals surface area (Å²) in [5, 5.41) is 14.6. The van der Waals surface area contributed by atoms with Gasteiger partial charge in [0.05, 0.1) is 17.6 Å². The van der Waals surface area contributed by atoms with E-state index in [0.29, 0.717) is 5.52 Å². The third kappa shape index (κ3) is 3.11. The van der Waals surface area contributed by atoms with Crippen molar-refractivity contribution in [3.63, 3.8) is 0 Å². The van der Waals surface area contributed by atoms with E-state index in [1.54, 1.807) is 24.3 Å². The smallest absolute Gasteiger partial charge is 0.216 e. The number of para-hydroxylation sites is 1. The lowest BCUT2D eigenvalue weighted by Crippen LogP contribution is -2.17. The third-order valence-corrected chi connectivity index (χ3v) is 4.41. The Hall–Kier alpha value is -3.61. The van der Waals surface area contributed by atoms with E-state index in [0.717, 1.165) is 30.3 Å². The predicted octanol–water partition coefficient (Wildman–Crippen LogP) is 4.23. The first-order valence-electron chi connectivity index (χ1n) is 8.37. The van der Waals surface area contributed by atoms with E-state index >= 15 is 0 Å². The van der Waals surface area contributed by atoms with Gasteiger partial charge in [-0.25, -0.2) is 13.2 Å². The lowest BCUT2D eigenvalue weighted by atomic mass is 10.1. The van der Waals surface area contributed by atoms with Crippen LogP contribution in [0.4, 0.5) is 13.2 Å². The van der Waals surface area contributed by atoms with Crippen LogP contribution in [0.3, 0.4) is 0 Å². The predicted molar refractivity (Wildman–Crippen MR) is 98.5 cm³/mol. The van der Waals surface area contributed by atoms with Gasteiger partial charge in [0, 0.05) is 17.0 Å². The van der Waals surface area contributed by atoms with E-state index in [2.05, 4.69) is 5.10 Å². The topological polar surface area (TPSA) is 55.1 Å². The molecule has 0 saturated carbocycles. The Morgan fingerprint density at radius 1 is 0.929 bits per heavy atom. The van der Waals surface area contributed by atoms with Crippen molar-refractivity contribution < 1.29 is 18.3 Å². The average molecular weight is 382 g/mol. The Morgan fingerprint density at radius 3 is 2.43 bits per heavy atom. The largest absolute Gasteiger partial charge is 0.507 e. The Labute approximate surface area is 157 Å². The van der Waals surface area contributed by atoms with Crippen LogP contribution in [-0.4, -0.2) is 14.9 Å².